The highest BCUT2D eigenvalue weighted by atomic mass is 32.2. The second-order valence-corrected chi connectivity index (χ2v) is 5.29. The Bertz CT molecular complexity index is 378. The molecule has 1 aromatic heterocycles. The van der Waals surface area contributed by atoms with E-state index in [9.17, 15) is 4.79 Å². The number of nitrogens with zero attached hydrogens (tertiary/aromatic N) is 2. The molecule has 0 bridgehead atoms. The van der Waals surface area contributed by atoms with Gasteiger partial charge in [-0.1, -0.05) is 11.8 Å². The van der Waals surface area contributed by atoms with E-state index < -0.39 is 0 Å². The molecule has 0 amide bonds. The van der Waals surface area contributed by atoms with E-state index in [1.54, 1.807) is 23.4 Å². The fourth-order valence-corrected chi connectivity index (χ4v) is 2.94. The Kier molecular flexibility index (Phi) is 3.16. The highest BCUT2D eigenvalue weighted by Gasteiger charge is 2.21. The lowest BCUT2D eigenvalue weighted by atomic mass is 9.96. The molecule has 5 nitrogen and oxygen atoms in total. The van der Waals surface area contributed by atoms with Crippen LogP contribution in [-0.2, 0) is 7.05 Å². The van der Waals surface area contributed by atoms with E-state index in [4.69, 9.17) is 5.73 Å². The highest BCUT2D eigenvalue weighted by Crippen LogP contribution is 2.31. The van der Waals surface area contributed by atoms with Gasteiger partial charge < -0.3 is 5.73 Å². The summed E-state index contributed by atoms with van der Waals surface area (Å²) in [5.74, 6) is 0. The van der Waals surface area contributed by atoms with Crippen LogP contribution in [0.15, 0.2) is 9.95 Å². The molecule has 2 rings (SSSR count). The number of hydrogen-bond acceptors (Lipinski definition) is 4. The van der Waals surface area contributed by atoms with Crippen molar-refractivity contribution in [2.75, 3.05) is 0 Å². The maximum absolute atomic E-state index is 11.1. The summed E-state index contributed by atoms with van der Waals surface area (Å²) >= 11 is 1.68. The van der Waals surface area contributed by atoms with Gasteiger partial charge in [0, 0.05) is 18.3 Å². The van der Waals surface area contributed by atoms with Crippen molar-refractivity contribution in [3.63, 3.8) is 0 Å². The average Bonchev–Trinajstić information content (AvgIpc) is 2.53. The second-order valence-electron chi connectivity index (χ2n) is 4.02. The van der Waals surface area contributed by atoms with E-state index in [0.717, 1.165) is 30.8 Å². The molecule has 0 aromatic carbocycles. The minimum absolute atomic E-state index is 0.148. The standard InChI is InChI=1S/C9H16N4OS/c1-13-8(14)11-12-9(13)15-7-4-2-6(10)3-5-7/h6-7H,2-5,10H2,1H3,(H,11,14). The number of hydrogen-bond donors (Lipinski definition) is 2. The van der Waals surface area contributed by atoms with Crippen molar-refractivity contribution in [1.82, 2.24) is 14.8 Å². The lowest BCUT2D eigenvalue weighted by Crippen LogP contribution is -2.27. The summed E-state index contributed by atoms with van der Waals surface area (Å²) in [5, 5.41) is 7.77. The molecule has 0 aliphatic heterocycles. The van der Waals surface area contributed by atoms with Crippen LogP contribution >= 0.6 is 11.8 Å². The second kappa shape index (κ2) is 4.40. The van der Waals surface area contributed by atoms with Gasteiger partial charge in [-0.15, -0.1) is 5.10 Å². The van der Waals surface area contributed by atoms with Crippen LogP contribution in [0.1, 0.15) is 25.7 Å². The first-order valence-corrected chi connectivity index (χ1v) is 6.08. The molecule has 15 heavy (non-hydrogen) atoms. The van der Waals surface area contributed by atoms with Crippen molar-refractivity contribution < 1.29 is 0 Å². The fraction of sp³-hybridized carbons (Fsp3) is 0.778. The van der Waals surface area contributed by atoms with Crippen LogP contribution < -0.4 is 11.4 Å². The zero-order chi connectivity index (χ0) is 10.8. The van der Waals surface area contributed by atoms with Crippen LogP contribution in [0.3, 0.4) is 0 Å². The average molecular weight is 228 g/mol. The Morgan fingerprint density at radius 2 is 2.13 bits per heavy atom. The van der Waals surface area contributed by atoms with Gasteiger partial charge in [-0.2, -0.15) is 0 Å². The van der Waals surface area contributed by atoms with Crippen LogP contribution in [0.2, 0.25) is 0 Å². The molecule has 0 atom stereocenters. The first-order valence-electron chi connectivity index (χ1n) is 5.20. The maximum Gasteiger partial charge on any atom is 0.343 e. The third kappa shape index (κ3) is 2.43. The number of aromatic nitrogens is 3. The van der Waals surface area contributed by atoms with Gasteiger partial charge in [-0.05, 0) is 25.7 Å². The summed E-state index contributed by atoms with van der Waals surface area (Å²) in [5.41, 5.74) is 5.69. The lowest BCUT2D eigenvalue weighted by Gasteiger charge is -2.24. The molecule has 1 saturated carbocycles. The van der Waals surface area contributed by atoms with Crippen molar-refractivity contribution in [2.24, 2.45) is 12.8 Å². The first-order chi connectivity index (χ1) is 7.16. The van der Waals surface area contributed by atoms with E-state index >= 15 is 0 Å². The van der Waals surface area contributed by atoms with Crippen molar-refractivity contribution in [3.8, 4) is 0 Å². The normalized spacial score (nSPS) is 26.8. The molecule has 0 unspecified atom stereocenters. The Morgan fingerprint density at radius 1 is 1.47 bits per heavy atom. The van der Waals surface area contributed by atoms with Crippen LogP contribution in [0.5, 0.6) is 0 Å². The summed E-state index contributed by atoms with van der Waals surface area (Å²) in [4.78, 5) is 11.1. The number of rotatable bonds is 2. The summed E-state index contributed by atoms with van der Waals surface area (Å²) in [6, 6.07) is 0.366. The number of nitrogens with two attached hydrogens (primary N) is 1. The molecule has 0 spiro atoms. The Hall–Kier alpha value is -0.750. The van der Waals surface area contributed by atoms with Gasteiger partial charge in [0.05, 0.1) is 0 Å². The van der Waals surface area contributed by atoms with Crippen molar-refractivity contribution in [3.05, 3.63) is 10.5 Å². The molecule has 0 saturated heterocycles. The first kappa shape index (κ1) is 10.8. The molecule has 3 N–H and O–H groups in total. The number of nitrogens with one attached hydrogen (secondary N) is 1. The van der Waals surface area contributed by atoms with Gasteiger partial charge in [0.2, 0.25) is 0 Å². The van der Waals surface area contributed by atoms with Gasteiger partial charge in [0.25, 0.3) is 0 Å². The lowest BCUT2D eigenvalue weighted by molar-refractivity contribution is 0.450. The van der Waals surface area contributed by atoms with E-state index in [1.807, 2.05) is 0 Å². The van der Waals surface area contributed by atoms with Crippen molar-refractivity contribution >= 4 is 11.8 Å². The summed E-state index contributed by atoms with van der Waals surface area (Å²) in [7, 11) is 1.74. The summed E-state index contributed by atoms with van der Waals surface area (Å²) < 4.78 is 1.55. The molecular formula is C9H16N4OS. The van der Waals surface area contributed by atoms with Crippen LogP contribution in [0, 0.1) is 0 Å². The summed E-state index contributed by atoms with van der Waals surface area (Å²) in [6.45, 7) is 0. The van der Waals surface area contributed by atoms with Crippen LogP contribution in [0.25, 0.3) is 0 Å². The van der Waals surface area contributed by atoms with Gasteiger partial charge >= 0.3 is 5.69 Å². The molecule has 1 heterocycles. The minimum Gasteiger partial charge on any atom is -0.328 e. The zero-order valence-corrected chi connectivity index (χ0v) is 9.59. The predicted octanol–water partition coefficient (Wildman–Crippen LogP) is 0.470. The van der Waals surface area contributed by atoms with Crippen molar-refractivity contribution in [2.45, 2.75) is 42.1 Å². The number of thioether (sulfide) groups is 1. The van der Waals surface area contributed by atoms with Gasteiger partial charge in [0.1, 0.15) is 0 Å². The highest BCUT2D eigenvalue weighted by molar-refractivity contribution is 7.99. The molecule has 6 heteroatoms. The molecule has 1 aromatic rings. The molecular weight excluding hydrogens is 212 g/mol. The third-order valence-corrected chi connectivity index (χ3v) is 4.21. The minimum atomic E-state index is -0.148. The van der Waals surface area contributed by atoms with E-state index in [2.05, 4.69) is 10.2 Å². The van der Waals surface area contributed by atoms with Crippen molar-refractivity contribution in [1.29, 1.82) is 0 Å². The Labute approximate surface area is 92.4 Å². The SMILES string of the molecule is Cn1c(SC2CCC(N)CC2)n[nH]c1=O. The zero-order valence-electron chi connectivity index (χ0n) is 8.77. The monoisotopic (exact) mass is 228 g/mol. The molecule has 84 valence electrons. The summed E-state index contributed by atoms with van der Waals surface area (Å²) in [6.07, 6.45) is 4.39. The van der Waals surface area contributed by atoms with Crippen LogP contribution in [-0.4, -0.2) is 26.1 Å². The molecule has 1 aliphatic rings. The Balaban J connectivity index is 1.97. The maximum atomic E-state index is 11.1. The van der Waals surface area contributed by atoms with Crippen LogP contribution in [0.4, 0.5) is 0 Å². The molecule has 1 fully saturated rings. The topological polar surface area (TPSA) is 76.7 Å². The van der Waals surface area contributed by atoms with E-state index in [-0.39, 0.29) is 5.69 Å². The number of H-pyrrole nitrogens is 1. The molecule has 0 radical (unpaired) electrons. The number of aromatic amines is 1. The third-order valence-electron chi connectivity index (χ3n) is 2.83. The molecule has 1 aliphatic carbocycles. The fourth-order valence-electron chi connectivity index (χ4n) is 1.79. The largest absolute Gasteiger partial charge is 0.343 e. The predicted molar refractivity (Wildman–Crippen MR) is 59.9 cm³/mol. The quantitative estimate of drug-likeness (QED) is 0.771. The Morgan fingerprint density at radius 3 is 2.67 bits per heavy atom. The van der Waals surface area contributed by atoms with E-state index in [1.165, 1.54) is 0 Å². The smallest absolute Gasteiger partial charge is 0.328 e. The van der Waals surface area contributed by atoms with Gasteiger partial charge in [-0.25, -0.2) is 9.89 Å². The van der Waals surface area contributed by atoms with E-state index in [0.29, 0.717) is 11.3 Å². The van der Waals surface area contributed by atoms with Gasteiger partial charge in [-0.3, -0.25) is 4.57 Å². The van der Waals surface area contributed by atoms with Gasteiger partial charge in [0.15, 0.2) is 5.16 Å².